The zero-order valence-electron chi connectivity index (χ0n) is 22.2. The summed E-state index contributed by atoms with van der Waals surface area (Å²) in [4.78, 5) is 35.1. The van der Waals surface area contributed by atoms with Crippen LogP contribution in [0.5, 0.6) is 0 Å². The molecule has 37 heavy (non-hydrogen) atoms. The zero-order chi connectivity index (χ0) is 26.7. The molecule has 1 aliphatic rings. The number of aryl methyl sites for hydroxylation is 1. The maximum atomic E-state index is 13.4. The molecule has 7 nitrogen and oxygen atoms in total. The second-order valence-corrected chi connectivity index (χ2v) is 11.3. The number of hydrogen-bond donors (Lipinski definition) is 2. The number of anilines is 1. The smallest absolute Gasteiger partial charge is 0.251 e. The van der Waals surface area contributed by atoms with Crippen LogP contribution in [0.1, 0.15) is 59.8 Å². The van der Waals surface area contributed by atoms with Gasteiger partial charge in [0.25, 0.3) is 5.91 Å². The quantitative estimate of drug-likeness (QED) is 0.399. The van der Waals surface area contributed by atoms with Crippen molar-refractivity contribution in [2.24, 2.45) is 0 Å². The van der Waals surface area contributed by atoms with Crippen LogP contribution in [0.15, 0.2) is 35.3 Å². The minimum Gasteiger partial charge on any atom is -0.369 e. The van der Waals surface area contributed by atoms with Gasteiger partial charge in [0.2, 0.25) is 0 Å². The minimum atomic E-state index is -0.246. The molecule has 4 rings (SSSR count). The molecule has 1 aliphatic carbocycles. The van der Waals surface area contributed by atoms with Crippen LogP contribution < -0.4 is 15.6 Å². The van der Waals surface area contributed by atoms with Gasteiger partial charge in [-0.15, -0.1) is 0 Å². The number of carbonyl (C=O) groups is 1. The molecule has 3 aromatic rings. The van der Waals surface area contributed by atoms with Crippen molar-refractivity contribution >= 4 is 34.7 Å². The van der Waals surface area contributed by atoms with Gasteiger partial charge in [-0.05, 0) is 95.8 Å². The Kier molecular flexibility index (Phi) is 8.72. The predicted octanol–water partition coefficient (Wildman–Crippen LogP) is 5.40. The van der Waals surface area contributed by atoms with E-state index in [2.05, 4.69) is 45.5 Å². The molecule has 0 radical (unpaired) electrons. The Hall–Kier alpha value is -2.68. The van der Waals surface area contributed by atoms with Crippen LogP contribution in [0.25, 0.3) is 10.6 Å². The number of H-pyrrole nitrogens is 1. The fraction of sp³-hybridized carbons (Fsp3) is 0.464. The highest BCUT2D eigenvalue weighted by Crippen LogP contribution is 2.34. The topological polar surface area (TPSA) is 81.3 Å². The van der Waals surface area contributed by atoms with Gasteiger partial charge >= 0.3 is 0 Å². The molecule has 1 amide bonds. The van der Waals surface area contributed by atoms with E-state index in [1.807, 2.05) is 26.0 Å². The van der Waals surface area contributed by atoms with Gasteiger partial charge in [-0.25, -0.2) is 4.37 Å². The molecule has 2 N–H and O–H groups in total. The Labute approximate surface area is 228 Å². The highest BCUT2D eigenvalue weighted by molar-refractivity contribution is 7.09. The number of hydrogen-bond acceptors (Lipinski definition) is 6. The first kappa shape index (κ1) is 27.4. The Bertz CT molecular complexity index is 1300. The number of halogens is 1. The monoisotopic (exact) mass is 541 g/mol. The third-order valence-corrected chi connectivity index (χ3v) is 8.44. The first-order valence-electron chi connectivity index (χ1n) is 12.8. The van der Waals surface area contributed by atoms with Crippen molar-refractivity contribution < 1.29 is 4.79 Å². The Morgan fingerprint density at radius 1 is 1.16 bits per heavy atom. The van der Waals surface area contributed by atoms with E-state index in [9.17, 15) is 9.59 Å². The molecule has 0 bridgehead atoms. The van der Waals surface area contributed by atoms with E-state index < -0.39 is 0 Å². The highest BCUT2D eigenvalue weighted by Gasteiger charge is 2.28. The van der Waals surface area contributed by atoms with E-state index in [0.29, 0.717) is 33.9 Å². The van der Waals surface area contributed by atoms with Crippen molar-refractivity contribution in [2.75, 3.05) is 25.5 Å². The first-order chi connectivity index (χ1) is 17.7. The molecule has 0 unspecified atom stereocenters. The van der Waals surface area contributed by atoms with Crippen LogP contribution in [-0.2, 0) is 6.54 Å². The van der Waals surface area contributed by atoms with Crippen LogP contribution in [0.3, 0.4) is 0 Å². The summed E-state index contributed by atoms with van der Waals surface area (Å²) in [6.07, 6.45) is 6.25. The van der Waals surface area contributed by atoms with Gasteiger partial charge in [0, 0.05) is 65.0 Å². The number of aromatic amines is 1. The molecular weight excluding hydrogens is 506 g/mol. The second kappa shape index (κ2) is 11.8. The number of nitrogens with zero attached hydrogens (tertiary/aromatic N) is 3. The van der Waals surface area contributed by atoms with Gasteiger partial charge in [-0.3, -0.25) is 9.59 Å². The number of amides is 1. The molecule has 0 aliphatic heterocycles. The second-order valence-electron chi connectivity index (χ2n) is 10.0. The number of rotatable bonds is 8. The van der Waals surface area contributed by atoms with E-state index >= 15 is 0 Å². The fourth-order valence-electron chi connectivity index (χ4n) is 5.42. The fourth-order valence-corrected chi connectivity index (χ4v) is 6.26. The van der Waals surface area contributed by atoms with Crippen LogP contribution in [0.2, 0.25) is 5.02 Å². The Morgan fingerprint density at radius 3 is 2.49 bits per heavy atom. The predicted molar refractivity (Wildman–Crippen MR) is 153 cm³/mol. The zero-order valence-corrected chi connectivity index (χ0v) is 23.8. The average Bonchev–Trinajstić information content (AvgIpc) is 3.40. The van der Waals surface area contributed by atoms with E-state index in [0.717, 1.165) is 54.0 Å². The number of carbonyl (C=O) groups excluding carboxylic acids is 1. The van der Waals surface area contributed by atoms with Gasteiger partial charge < -0.3 is 20.1 Å². The largest absolute Gasteiger partial charge is 0.369 e. The van der Waals surface area contributed by atoms with Crippen molar-refractivity contribution in [3.8, 4) is 10.6 Å². The number of aromatic nitrogens is 2. The maximum absolute atomic E-state index is 13.4. The van der Waals surface area contributed by atoms with Crippen molar-refractivity contribution in [3.63, 3.8) is 0 Å². The summed E-state index contributed by atoms with van der Waals surface area (Å²) in [5.41, 5.74) is 4.29. The van der Waals surface area contributed by atoms with Gasteiger partial charge in [0.1, 0.15) is 0 Å². The van der Waals surface area contributed by atoms with E-state index in [1.165, 1.54) is 11.5 Å². The summed E-state index contributed by atoms with van der Waals surface area (Å²) in [6.45, 7) is 6.93. The number of benzene rings is 1. The summed E-state index contributed by atoms with van der Waals surface area (Å²) in [7, 11) is 4.30. The molecule has 0 saturated heterocycles. The molecule has 2 heterocycles. The van der Waals surface area contributed by atoms with E-state index in [1.54, 1.807) is 18.3 Å². The van der Waals surface area contributed by atoms with Crippen molar-refractivity contribution in [1.29, 1.82) is 0 Å². The summed E-state index contributed by atoms with van der Waals surface area (Å²) < 4.78 is 4.16. The van der Waals surface area contributed by atoms with Gasteiger partial charge in [0.05, 0.1) is 10.6 Å². The van der Waals surface area contributed by atoms with Crippen LogP contribution in [-0.4, -0.2) is 52.9 Å². The Balaban J connectivity index is 1.57. The van der Waals surface area contributed by atoms with E-state index in [-0.39, 0.29) is 17.9 Å². The SMILES string of the molecule is CCN(c1cc(Cl)cc(C(=O)NCc2c(-c3ccns3)[nH]c(C)cc2=O)c1C)C1CCC(N(C)C)CC1. The van der Waals surface area contributed by atoms with Gasteiger partial charge in [-0.1, -0.05) is 11.6 Å². The Morgan fingerprint density at radius 2 is 1.86 bits per heavy atom. The van der Waals surface area contributed by atoms with Gasteiger partial charge in [0.15, 0.2) is 5.43 Å². The molecule has 1 saturated carbocycles. The lowest BCUT2D eigenvalue weighted by Gasteiger charge is -2.40. The maximum Gasteiger partial charge on any atom is 0.251 e. The van der Waals surface area contributed by atoms with Crippen LogP contribution in [0.4, 0.5) is 5.69 Å². The molecule has 1 fully saturated rings. The molecule has 198 valence electrons. The normalized spacial score (nSPS) is 17.7. The van der Waals surface area contributed by atoms with Crippen LogP contribution in [0, 0.1) is 13.8 Å². The average molecular weight is 542 g/mol. The molecule has 0 spiro atoms. The molecule has 0 atom stereocenters. The van der Waals surface area contributed by atoms with Crippen molar-refractivity contribution in [2.45, 2.75) is 65.1 Å². The lowest BCUT2D eigenvalue weighted by atomic mass is 9.89. The third kappa shape index (κ3) is 6.08. The van der Waals surface area contributed by atoms with Gasteiger partial charge in [-0.2, -0.15) is 0 Å². The lowest BCUT2D eigenvalue weighted by Crippen LogP contribution is -2.42. The highest BCUT2D eigenvalue weighted by atomic mass is 35.5. The lowest BCUT2D eigenvalue weighted by molar-refractivity contribution is 0.0950. The summed E-state index contributed by atoms with van der Waals surface area (Å²) in [5, 5.41) is 3.50. The van der Waals surface area contributed by atoms with Crippen LogP contribution >= 0.6 is 23.1 Å². The summed E-state index contributed by atoms with van der Waals surface area (Å²) >= 11 is 7.86. The summed E-state index contributed by atoms with van der Waals surface area (Å²) in [5.74, 6) is -0.246. The van der Waals surface area contributed by atoms with Crippen molar-refractivity contribution in [3.05, 3.63) is 68.1 Å². The molecule has 1 aromatic carbocycles. The minimum absolute atomic E-state index is 0.106. The standard InChI is InChI=1S/C28H36ClN5O2S/c1-6-34(21-9-7-20(8-10-21)33(4)5)24-15-19(29)14-22(18(24)3)28(36)30-16-23-25(35)13-17(2)32-27(23)26-11-12-31-37-26/h11-15,20-21H,6-10,16H2,1-5H3,(H,30,36)(H,32,35). The molecule has 2 aromatic heterocycles. The number of nitrogens with one attached hydrogen (secondary N) is 2. The van der Waals surface area contributed by atoms with E-state index in [4.69, 9.17) is 11.6 Å². The van der Waals surface area contributed by atoms with Crippen molar-refractivity contribution in [1.82, 2.24) is 19.6 Å². The third-order valence-electron chi connectivity index (χ3n) is 7.46. The molecular formula is C28H36ClN5O2S. The first-order valence-corrected chi connectivity index (χ1v) is 14.0. The summed E-state index contributed by atoms with van der Waals surface area (Å²) in [6, 6.07) is 8.15. The number of pyridine rings is 1. The molecule has 9 heteroatoms.